The van der Waals surface area contributed by atoms with Crippen molar-refractivity contribution in [1.29, 1.82) is 0 Å². The Morgan fingerprint density at radius 1 is 1.00 bits per heavy atom. The molecule has 5 nitrogen and oxygen atoms in total. The lowest BCUT2D eigenvalue weighted by Gasteiger charge is -2.40. The van der Waals surface area contributed by atoms with Crippen molar-refractivity contribution in [1.82, 2.24) is 4.90 Å². The Labute approximate surface area is 153 Å². The van der Waals surface area contributed by atoms with Gasteiger partial charge in [-0.25, -0.2) is 9.59 Å². The number of carboxylic acid groups (broad SMARTS) is 1. The van der Waals surface area contributed by atoms with Crippen LogP contribution in [-0.2, 0) is 9.53 Å². The van der Waals surface area contributed by atoms with Crippen molar-refractivity contribution in [2.75, 3.05) is 7.11 Å². The average molecular weight is 353 g/mol. The zero-order chi connectivity index (χ0) is 19.1. The Morgan fingerprint density at radius 2 is 1.46 bits per heavy atom. The molecule has 0 bridgehead atoms. The van der Waals surface area contributed by atoms with E-state index in [4.69, 9.17) is 4.74 Å². The number of nitrogens with zero attached hydrogens (tertiary/aromatic N) is 1. The van der Waals surface area contributed by atoms with Crippen molar-refractivity contribution in [3.05, 3.63) is 59.7 Å². The molecule has 0 heterocycles. The lowest BCUT2D eigenvalue weighted by Crippen LogP contribution is -2.53. The van der Waals surface area contributed by atoms with E-state index >= 15 is 0 Å². The predicted octanol–water partition coefficient (Wildman–Crippen LogP) is 4.32. The van der Waals surface area contributed by atoms with Crippen molar-refractivity contribution in [2.45, 2.75) is 32.9 Å². The maximum Gasteiger partial charge on any atom is 0.411 e. The van der Waals surface area contributed by atoms with Crippen LogP contribution in [0, 0.1) is 5.41 Å². The first-order chi connectivity index (χ1) is 12.3. The summed E-state index contributed by atoms with van der Waals surface area (Å²) >= 11 is 0. The maximum absolute atomic E-state index is 12.8. The molecule has 3 rings (SSSR count). The van der Waals surface area contributed by atoms with E-state index < -0.39 is 29.6 Å². The molecule has 0 saturated heterocycles. The largest absolute Gasteiger partial charge is 0.480 e. The summed E-state index contributed by atoms with van der Waals surface area (Å²) in [6.45, 7) is 5.44. The van der Waals surface area contributed by atoms with Crippen LogP contribution in [0.1, 0.15) is 37.9 Å². The highest BCUT2D eigenvalue weighted by atomic mass is 16.5. The molecule has 0 fully saturated rings. The summed E-state index contributed by atoms with van der Waals surface area (Å²) in [6.07, 6.45) is -0.649. The van der Waals surface area contributed by atoms with Crippen LogP contribution in [-0.4, -0.2) is 35.2 Å². The number of aliphatic carboxylic acids is 1. The van der Waals surface area contributed by atoms with Gasteiger partial charge in [0.25, 0.3) is 0 Å². The summed E-state index contributed by atoms with van der Waals surface area (Å²) in [7, 11) is 1.28. The fourth-order valence-corrected chi connectivity index (χ4v) is 3.80. The van der Waals surface area contributed by atoms with Crippen LogP contribution in [0.4, 0.5) is 4.79 Å². The number of ether oxygens (including phenoxy) is 1. The van der Waals surface area contributed by atoms with Gasteiger partial charge in [-0.15, -0.1) is 0 Å². The lowest BCUT2D eigenvalue weighted by atomic mass is 9.84. The summed E-state index contributed by atoms with van der Waals surface area (Å²) in [6, 6.07) is 14.0. The molecule has 2 aromatic rings. The highest BCUT2D eigenvalue weighted by molar-refractivity contribution is 5.85. The highest BCUT2D eigenvalue weighted by Gasteiger charge is 2.46. The number of methoxy groups -OCH3 is 1. The number of carbonyl (C=O) groups is 2. The number of hydrogen-bond donors (Lipinski definition) is 1. The van der Waals surface area contributed by atoms with Gasteiger partial charge in [0.05, 0.1) is 13.2 Å². The Balaban J connectivity index is 2.25. The number of rotatable bonds is 3. The van der Waals surface area contributed by atoms with Gasteiger partial charge < -0.3 is 9.84 Å². The normalized spacial score (nSPS) is 14.3. The third kappa shape index (κ3) is 2.83. The third-order valence-electron chi connectivity index (χ3n) is 4.80. The fourth-order valence-electron chi connectivity index (χ4n) is 3.80. The zero-order valence-corrected chi connectivity index (χ0v) is 15.4. The Kier molecular flexibility index (Phi) is 4.48. The topological polar surface area (TPSA) is 66.8 Å². The zero-order valence-electron chi connectivity index (χ0n) is 15.4. The van der Waals surface area contributed by atoms with Gasteiger partial charge in [-0.1, -0.05) is 69.3 Å². The Hall–Kier alpha value is -2.82. The Bertz CT molecular complexity index is 808. The number of amides is 1. The summed E-state index contributed by atoms with van der Waals surface area (Å²) in [5.74, 6) is -1.05. The summed E-state index contributed by atoms with van der Waals surface area (Å²) in [5, 5.41) is 9.93. The molecule has 0 aromatic heterocycles. The van der Waals surface area contributed by atoms with Crippen LogP contribution in [0.5, 0.6) is 0 Å². The molecule has 0 aliphatic heterocycles. The van der Waals surface area contributed by atoms with Crippen molar-refractivity contribution < 1.29 is 19.4 Å². The molecule has 5 heteroatoms. The van der Waals surface area contributed by atoms with E-state index in [1.807, 2.05) is 69.3 Å². The molecule has 1 aliphatic carbocycles. The number of carboxylic acids is 1. The molecule has 0 radical (unpaired) electrons. The monoisotopic (exact) mass is 353 g/mol. The Morgan fingerprint density at radius 3 is 1.85 bits per heavy atom. The van der Waals surface area contributed by atoms with Gasteiger partial charge in [0.1, 0.15) is 6.04 Å². The molecule has 26 heavy (non-hydrogen) atoms. The summed E-state index contributed by atoms with van der Waals surface area (Å²) in [4.78, 5) is 26.3. The van der Waals surface area contributed by atoms with Crippen molar-refractivity contribution >= 4 is 12.1 Å². The maximum atomic E-state index is 12.8. The molecule has 136 valence electrons. The SMILES string of the molecule is COC(=O)N(C1c2ccccc2-c2ccccc21)C(C(=O)O)C(C)(C)C. The molecule has 1 N–H and O–H groups in total. The van der Waals surface area contributed by atoms with E-state index in [-0.39, 0.29) is 0 Å². The fraction of sp³-hybridized carbons (Fsp3) is 0.333. The van der Waals surface area contributed by atoms with Gasteiger partial charge in [-0.2, -0.15) is 0 Å². The van der Waals surface area contributed by atoms with Crippen LogP contribution >= 0.6 is 0 Å². The minimum atomic E-state index is -1.05. The molecule has 0 saturated carbocycles. The minimum absolute atomic E-state index is 0.504. The third-order valence-corrected chi connectivity index (χ3v) is 4.80. The number of fused-ring (bicyclic) bond motifs is 3. The second-order valence-corrected chi connectivity index (χ2v) is 7.56. The first kappa shape index (κ1) is 18.0. The van der Waals surface area contributed by atoms with E-state index in [0.717, 1.165) is 22.3 Å². The summed E-state index contributed by atoms with van der Waals surface area (Å²) < 4.78 is 5.00. The van der Waals surface area contributed by atoms with E-state index in [0.29, 0.717) is 0 Å². The number of hydrogen-bond acceptors (Lipinski definition) is 3. The van der Waals surface area contributed by atoms with Gasteiger partial charge in [-0.05, 0) is 27.7 Å². The van der Waals surface area contributed by atoms with Gasteiger partial charge in [0.2, 0.25) is 0 Å². The lowest BCUT2D eigenvalue weighted by molar-refractivity contribution is -0.147. The van der Waals surface area contributed by atoms with E-state index in [1.54, 1.807) is 0 Å². The van der Waals surface area contributed by atoms with Crippen LogP contribution in [0.3, 0.4) is 0 Å². The number of benzene rings is 2. The predicted molar refractivity (Wildman–Crippen MR) is 98.8 cm³/mol. The first-order valence-electron chi connectivity index (χ1n) is 8.54. The smallest absolute Gasteiger partial charge is 0.411 e. The van der Waals surface area contributed by atoms with Crippen molar-refractivity contribution in [2.24, 2.45) is 5.41 Å². The van der Waals surface area contributed by atoms with Gasteiger partial charge in [-0.3, -0.25) is 4.90 Å². The van der Waals surface area contributed by atoms with E-state index in [2.05, 4.69) is 0 Å². The standard InChI is InChI=1S/C21H23NO4/c1-21(2,3)18(19(23)24)22(20(25)26-4)17-15-11-7-5-9-13(15)14-10-6-8-12-16(14)17/h5-12,17-18H,1-4H3,(H,23,24). The van der Waals surface area contributed by atoms with E-state index in [1.165, 1.54) is 12.0 Å². The molecular weight excluding hydrogens is 330 g/mol. The molecule has 1 atom stereocenters. The molecule has 1 aliphatic rings. The second kappa shape index (κ2) is 6.48. The van der Waals surface area contributed by atoms with Gasteiger partial charge in [0, 0.05) is 0 Å². The van der Waals surface area contributed by atoms with Crippen LogP contribution in [0.15, 0.2) is 48.5 Å². The highest BCUT2D eigenvalue weighted by Crippen LogP contribution is 2.48. The molecular formula is C21H23NO4. The minimum Gasteiger partial charge on any atom is -0.480 e. The molecule has 0 spiro atoms. The first-order valence-corrected chi connectivity index (χ1v) is 8.54. The van der Waals surface area contributed by atoms with Crippen molar-refractivity contribution in [3.63, 3.8) is 0 Å². The average Bonchev–Trinajstić information content (AvgIpc) is 2.92. The van der Waals surface area contributed by atoms with Crippen molar-refractivity contribution in [3.8, 4) is 11.1 Å². The van der Waals surface area contributed by atoms with Crippen LogP contribution in [0.2, 0.25) is 0 Å². The van der Waals surface area contributed by atoms with Crippen LogP contribution < -0.4 is 0 Å². The quantitative estimate of drug-likeness (QED) is 0.892. The molecule has 2 aromatic carbocycles. The summed E-state index contributed by atoms with van der Waals surface area (Å²) in [5.41, 5.74) is 3.18. The van der Waals surface area contributed by atoms with E-state index in [9.17, 15) is 14.7 Å². The van der Waals surface area contributed by atoms with Gasteiger partial charge >= 0.3 is 12.1 Å². The number of carbonyl (C=O) groups excluding carboxylic acids is 1. The van der Waals surface area contributed by atoms with Crippen LogP contribution in [0.25, 0.3) is 11.1 Å². The molecule has 1 amide bonds. The van der Waals surface area contributed by atoms with Gasteiger partial charge in [0.15, 0.2) is 0 Å². The second-order valence-electron chi connectivity index (χ2n) is 7.56. The molecule has 1 unspecified atom stereocenters.